The van der Waals surface area contributed by atoms with E-state index >= 15 is 0 Å². The van der Waals surface area contributed by atoms with Gasteiger partial charge in [-0.25, -0.2) is 18.9 Å². The molecule has 0 aliphatic rings. The number of rotatable bonds is 5. The maximum Gasteiger partial charge on any atom is 0.351 e. The molecule has 3 aromatic rings. The van der Waals surface area contributed by atoms with Crippen LogP contribution in [0.3, 0.4) is 0 Å². The Morgan fingerprint density at radius 3 is 2.83 bits per heavy atom. The fraction of sp³-hybridized carbons (Fsp3) is 0.200. The summed E-state index contributed by atoms with van der Waals surface area (Å²) in [4.78, 5) is 27.9. The first-order chi connectivity index (χ1) is 11.2. The summed E-state index contributed by atoms with van der Waals surface area (Å²) in [6.45, 7) is -0.222. The van der Waals surface area contributed by atoms with Crippen molar-refractivity contribution in [1.82, 2.24) is 19.2 Å². The Morgan fingerprint density at radius 2 is 2.09 bits per heavy atom. The van der Waals surface area contributed by atoms with Gasteiger partial charge in [0.05, 0.1) is 7.11 Å². The molecule has 3 rings (SSSR count). The minimum atomic E-state index is -0.526. The predicted molar refractivity (Wildman–Crippen MR) is 85.3 cm³/mol. The van der Waals surface area contributed by atoms with Gasteiger partial charge in [-0.05, 0) is 5.56 Å². The van der Waals surface area contributed by atoms with Crippen molar-refractivity contribution in [3.05, 3.63) is 58.8 Å². The Kier molecular flexibility index (Phi) is 4.42. The number of thioether (sulfide) groups is 1. The summed E-state index contributed by atoms with van der Waals surface area (Å²) in [7, 11) is 1.27. The first-order valence-corrected chi connectivity index (χ1v) is 7.85. The molecule has 0 radical (unpaired) electrons. The Morgan fingerprint density at radius 1 is 1.30 bits per heavy atom. The average molecular weight is 330 g/mol. The molecular formula is C15H14N4O3S. The van der Waals surface area contributed by atoms with Crippen molar-refractivity contribution in [2.45, 2.75) is 17.3 Å². The van der Waals surface area contributed by atoms with Crippen LogP contribution in [0.5, 0.6) is 0 Å². The van der Waals surface area contributed by atoms with Crippen LogP contribution in [0.1, 0.15) is 5.56 Å². The smallest absolute Gasteiger partial charge is 0.351 e. The summed E-state index contributed by atoms with van der Waals surface area (Å²) in [5.41, 5.74) is 1.19. The normalized spacial score (nSPS) is 10.8. The van der Waals surface area contributed by atoms with E-state index in [0.29, 0.717) is 16.4 Å². The zero-order chi connectivity index (χ0) is 16.2. The molecule has 7 nitrogen and oxygen atoms in total. The minimum Gasteiger partial charge on any atom is -0.468 e. The highest BCUT2D eigenvalue weighted by molar-refractivity contribution is 7.98. The number of carbonyl (C=O) groups is 1. The Hall–Kier alpha value is -2.61. The Bertz CT molecular complexity index is 889. The second-order valence-electron chi connectivity index (χ2n) is 4.72. The lowest BCUT2D eigenvalue weighted by atomic mass is 10.2. The molecule has 0 N–H and O–H groups in total. The van der Waals surface area contributed by atoms with Crippen LogP contribution in [-0.2, 0) is 21.8 Å². The molecule has 0 saturated carbocycles. The first-order valence-electron chi connectivity index (χ1n) is 6.87. The highest BCUT2D eigenvalue weighted by atomic mass is 32.2. The van der Waals surface area contributed by atoms with Crippen molar-refractivity contribution in [2.75, 3.05) is 7.11 Å². The number of ether oxygens (including phenoxy) is 1. The molecule has 0 unspecified atom stereocenters. The molecule has 0 amide bonds. The van der Waals surface area contributed by atoms with Crippen LogP contribution in [0.4, 0.5) is 0 Å². The molecule has 8 heteroatoms. The second-order valence-corrected chi connectivity index (χ2v) is 5.68. The molecule has 2 heterocycles. The van der Waals surface area contributed by atoms with Gasteiger partial charge in [0.15, 0.2) is 5.65 Å². The monoisotopic (exact) mass is 330 g/mol. The maximum absolute atomic E-state index is 12.2. The van der Waals surface area contributed by atoms with Gasteiger partial charge in [-0.15, -0.1) is 5.10 Å². The maximum atomic E-state index is 12.2. The van der Waals surface area contributed by atoms with E-state index in [1.165, 1.54) is 29.5 Å². The molecule has 23 heavy (non-hydrogen) atoms. The largest absolute Gasteiger partial charge is 0.468 e. The number of nitrogens with zero attached hydrogens (tertiary/aromatic N) is 4. The van der Waals surface area contributed by atoms with Crippen molar-refractivity contribution in [2.24, 2.45) is 0 Å². The van der Waals surface area contributed by atoms with Gasteiger partial charge in [0, 0.05) is 18.1 Å². The Balaban J connectivity index is 1.90. The van der Waals surface area contributed by atoms with E-state index in [-0.39, 0.29) is 6.54 Å². The van der Waals surface area contributed by atoms with Gasteiger partial charge in [0.25, 0.3) is 0 Å². The molecule has 1 aromatic carbocycles. The lowest BCUT2D eigenvalue weighted by Gasteiger charge is -2.01. The quantitative estimate of drug-likeness (QED) is 0.519. The zero-order valence-corrected chi connectivity index (χ0v) is 13.2. The van der Waals surface area contributed by atoms with Crippen LogP contribution in [0.15, 0.2) is 52.5 Å². The van der Waals surface area contributed by atoms with Gasteiger partial charge in [-0.3, -0.25) is 4.79 Å². The summed E-state index contributed by atoms with van der Waals surface area (Å²) in [6, 6.07) is 9.95. The lowest BCUT2D eigenvalue weighted by molar-refractivity contribution is -0.141. The van der Waals surface area contributed by atoms with Crippen LogP contribution >= 0.6 is 11.8 Å². The van der Waals surface area contributed by atoms with Crippen molar-refractivity contribution < 1.29 is 9.53 Å². The van der Waals surface area contributed by atoms with Crippen LogP contribution in [-0.4, -0.2) is 32.2 Å². The van der Waals surface area contributed by atoms with E-state index in [9.17, 15) is 9.59 Å². The molecule has 0 aliphatic heterocycles. The van der Waals surface area contributed by atoms with Gasteiger partial charge >= 0.3 is 11.7 Å². The highest BCUT2D eigenvalue weighted by Gasteiger charge is 2.14. The second kappa shape index (κ2) is 6.66. The number of aromatic nitrogens is 4. The summed E-state index contributed by atoms with van der Waals surface area (Å²) >= 11 is 1.49. The van der Waals surface area contributed by atoms with Crippen molar-refractivity contribution in [3.63, 3.8) is 0 Å². The molecule has 2 aromatic heterocycles. The van der Waals surface area contributed by atoms with E-state index in [1.807, 2.05) is 30.3 Å². The van der Waals surface area contributed by atoms with Crippen LogP contribution in [0, 0.1) is 0 Å². The number of hydrogen-bond donors (Lipinski definition) is 0. The fourth-order valence-corrected chi connectivity index (χ4v) is 2.94. The minimum absolute atomic E-state index is 0.222. The zero-order valence-electron chi connectivity index (χ0n) is 12.4. The van der Waals surface area contributed by atoms with E-state index in [4.69, 9.17) is 0 Å². The van der Waals surface area contributed by atoms with Crippen molar-refractivity contribution in [3.8, 4) is 0 Å². The van der Waals surface area contributed by atoms with Gasteiger partial charge in [-0.2, -0.15) is 0 Å². The first kappa shape index (κ1) is 15.3. The fourth-order valence-electron chi connectivity index (χ4n) is 2.04. The third kappa shape index (κ3) is 3.26. The molecule has 0 aliphatic carbocycles. The summed E-state index contributed by atoms with van der Waals surface area (Å²) in [6.07, 6.45) is 3.08. The van der Waals surface area contributed by atoms with E-state index in [2.05, 4.69) is 14.8 Å². The molecule has 0 saturated heterocycles. The number of carbonyl (C=O) groups excluding carboxylic acids is 1. The topological polar surface area (TPSA) is 78.5 Å². The van der Waals surface area contributed by atoms with Crippen LogP contribution < -0.4 is 5.69 Å². The number of methoxy groups -OCH3 is 1. The third-order valence-corrected chi connectivity index (χ3v) is 4.23. The molecule has 0 atom stereocenters. The lowest BCUT2D eigenvalue weighted by Crippen LogP contribution is -2.25. The molecule has 0 spiro atoms. The summed E-state index contributed by atoms with van der Waals surface area (Å²) in [5.74, 6) is 0.188. The predicted octanol–water partition coefficient (Wildman–Crippen LogP) is 1.36. The molecule has 0 bridgehead atoms. The number of fused-ring (bicyclic) bond motifs is 1. The number of esters is 1. The SMILES string of the molecule is COC(=O)Cn1nc2c(SCc3ccccc3)nccn2c1=O. The number of benzene rings is 1. The van der Waals surface area contributed by atoms with Crippen molar-refractivity contribution >= 4 is 23.4 Å². The van der Waals surface area contributed by atoms with E-state index < -0.39 is 11.7 Å². The summed E-state index contributed by atoms with van der Waals surface area (Å²) < 4.78 is 7.03. The summed E-state index contributed by atoms with van der Waals surface area (Å²) in [5, 5.41) is 4.83. The van der Waals surface area contributed by atoms with E-state index in [0.717, 1.165) is 10.2 Å². The highest BCUT2D eigenvalue weighted by Crippen LogP contribution is 2.23. The van der Waals surface area contributed by atoms with Gasteiger partial charge < -0.3 is 4.74 Å². The van der Waals surface area contributed by atoms with Gasteiger partial charge in [-0.1, -0.05) is 42.1 Å². The van der Waals surface area contributed by atoms with Gasteiger partial charge in [0.2, 0.25) is 0 Å². The standard InChI is InChI=1S/C15H14N4O3S/c1-22-12(20)9-19-15(21)18-8-7-16-14(13(18)17-19)23-10-11-5-3-2-4-6-11/h2-8H,9-10H2,1H3. The van der Waals surface area contributed by atoms with Crippen molar-refractivity contribution in [1.29, 1.82) is 0 Å². The molecular weight excluding hydrogens is 316 g/mol. The van der Waals surface area contributed by atoms with E-state index in [1.54, 1.807) is 6.20 Å². The van der Waals surface area contributed by atoms with Crippen LogP contribution in [0.2, 0.25) is 0 Å². The third-order valence-electron chi connectivity index (χ3n) is 3.19. The van der Waals surface area contributed by atoms with Gasteiger partial charge in [0.1, 0.15) is 11.6 Å². The number of hydrogen-bond acceptors (Lipinski definition) is 6. The molecule has 118 valence electrons. The Labute approximate surface area is 135 Å². The molecule has 0 fully saturated rings. The van der Waals surface area contributed by atoms with Crippen LogP contribution in [0.25, 0.3) is 5.65 Å². The average Bonchev–Trinajstić information content (AvgIpc) is 2.90.